The van der Waals surface area contributed by atoms with Crippen LogP contribution in [0, 0.1) is 5.92 Å². The molecule has 3 atom stereocenters. The van der Waals surface area contributed by atoms with Gasteiger partial charge in [-0.3, -0.25) is 4.79 Å². The topological polar surface area (TPSA) is 44.8 Å². The molecule has 2 fully saturated rings. The van der Waals surface area contributed by atoms with Crippen LogP contribution >= 0.6 is 0 Å². The van der Waals surface area contributed by atoms with Crippen LogP contribution in [-0.4, -0.2) is 38.0 Å². The number of ether oxygens (including phenoxy) is 3. The largest absolute Gasteiger partial charge is 0.466 e. The fourth-order valence-corrected chi connectivity index (χ4v) is 1.53. The summed E-state index contributed by atoms with van der Waals surface area (Å²) < 4.78 is 15.5. The molecule has 1 aliphatic heterocycles. The highest BCUT2D eigenvalue weighted by molar-refractivity contribution is 5.78. The van der Waals surface area contributed by atoms with E-state index < -0.39 is 0 Å². The third-order valence-electron chi connectivity index (χ3n) is 2.15. The van der Waals surface area contributed by atoms with Crippen molar-refractivity contribution in [3.8, 4) is 0 Å². The van der Waals surface area contributed by atoms with E-state index in [1.54, 1.807) is 6.92 Å². The first-order chi connectivity index (χ1) is 5.84. The molecule has 0 N–H and O–H groups in total. The molecular formula is C8H12O4. The van der Waals surface area contributed by atoms with E-state index in [0.29, 0.717) is 19.8 Å². The molecule has 1 saturated carbocycles. The van der Waals surface area contributed by atoms with Gasteiger partial charge in [0.25, 0.3) is 0 Å². The van der Waals surface area contributed by atoms with Crippen molar-refractivity contribution in [2.75, 3.05) is 19.8 Å². The zero-order chi connectivity index (χ0) is 8.55. The number of rotatable bonds is 2. The third kappa shape index (κ3) is 1.21. The molecule has 12 heavy (non-hydrogen) atoms. The number of carbonyl (C=O) groups is 1. The van der Waals surface area contributed by atoms with Gasteiger partial charge in [0.2, 0.25) is 0 Å². The molecule has 4 heteroatoms. The maximum atomic E-state index is 11.2. The molecule has 1 aliphatic carbocycles. The summed E-state index contributed by atoms with van der Waals surface area (Å²) in [6.45, 7) is 3.41. The molecule has 0 amide bonds. The van der Waals surface area contributed by atoms with E-state index in [9.17, 15) is 4.79 Å². The Hall–Kier alpha value is -0.610. The fraction of sp³-hybridized carbons (Fsp3) is 0.875. The Bertz CT molecular complexity index is 179. The lowest BCUT2D eigenvalue weighted by molar-refractivity contribution is -0.146. The van der Waals surface area contributed by atoms with Gasteiger partial charge in [-0.15, -0.1) is 0 Å². The monoisotopic (exact) mass is 172 g/mol. The Morgan fingerprint density at radius 1 is 1.42 bits per heavy atom. The van der Waals surface area contributed by atoms with Crippen molar-refractivity contribution in [3.05, 3.63) is 0 Å². The van der Waals surface area contributed by atoms with Crippen molar-refractivity contribution in [1.29, 1.82) is 0 Å². The number of hydrogen-bond acceptors (Lipinski definition) is 4. The minimum absolute atomic E-state index is 0.0298. The van der Waals surface area contributed by atoms with Crippen LogP contribution in [0.3, 0.4) is 0 Å². The van der Waals surface area contributed by atoms with Crippen molar-refractivity contribution in [2.24, 2.45) is 5.92 Å². The number of carbonyl (C=O) groups excluding carboxylic acids is 1. The van der Waals surface area contributed by atoms with Gasteiger partial charge >= 0.3 is 5.97 Å². The van der Waals surface area contributed by atoms with Crippen LogP contribution in [0.4, 0.5) is 0 Å². The van der Waals surface area contributed by atoms with Gasteiger partial charge in [-0.2, -0.15) is 0 Å². The van der Waals surface area contributed by atoms with Crippen LogP contribution in [-0.2, 0) is 19.0 Å². The number of esters is 1. The second-order valence-electron chi connectivity index (χ2n) is 2.95. The Labute approximate surface area is 70.8 Å². The van der Waals surface area contributed by atoms with Crippen molar-refractivity contribution < 1.29 is 19.0 Å². The highest BCUT2D eigenvalue weighted by atomic mass is 16.6. The summed E-state index contributed by atoms with van der Waals surface area (Å²) in [5.74, 6) is -0.346. The Balaban J connectivity index is 1.87. The predicted molar refractivity (Wildman–Crippen MR) is 39.6 cm³/mol. The minimum Gasteiger partial charge on any atom is -0.466 e. The van der Waals surface area contributed by atoms with E-state index in [2.05, 4.69) is 0 Å². The molecule has 4 nitrogen and oxygen atoms in total. The summed E-state index contributed by atoms with van der Waals surface area (Å²) >= 11 is 0. The summed E-state index contributed by atoms with van der Waals surface area (Å²) in [7, 11) is 0. The lowest BCUT2D eigenvalue weighted by atomic mass is 10.4. The van der Waals surface area contributed by atoms with Crippen LogP contribution in [0.15, 0.2) is 0 Å². The molecule has 0 radical (unpaired) electrons. The van der Waals surface area contributed by atoms with Crippen molar-refractivity contribution in [2.45, 2.75) is 19.1 Å². The SMILES string of the molecule is CCOC(=O)C1[C@H]2OCCO[C@@H]12. The van der Waals surface area contributed by atoms with E-state index in [0.717, 1.165) is 0 Å². The Morgan fingerprint density at radius 2 is 2.00 bits per heavy atom. The quantitative estimate of drug-likeness (QED) is 0.548. The first-order valence-electron chi connectivity index (χ1n) is 4.24. The Kier molecular flexibility index (Phi) is 2.02. The molecule has 2 rings (SSSR count). The molecule has 0 aromatic heterocycles. The van der Waals surface area contributed by atoms with Crippen LogP contribution < -0.4 is 0 Å². The van der Waals surface area contributed by atoms with Gasteiger partial charge in [0.1, 0.15) is 18.1 Å². The van der Waals surface area contributed by atoms with Gasteiger partial charge in [0.05, 0.1) is 19.8 Å². The van der Waals surface area contributed by atoms with Gasteiger partial charge in [0, 0.05) is 0 Å². The lowest BCUT2D eigenvalue weighted by Gasteiger charge is -2.08. The third-order valence-corrected chi connectivity index (χ3v) is 2.15. The van der Waals surface area contributed by atoms with Gasteiger partial charge in [-0.1, -0.05) is 0 Å². The van der Waals surface area contributed by atoms with E-state index in [4.69, 9.17) is 14.2 Å². The van der Waals surface area contributed by atoms with Crippen LogP contribution in [0.1, 0.15) is 6.92 Å². The Morgan fingerprint density at radius 3 is 2.50 bits per heavy atom. The highest BCUT2D eigenvalue weighted by Crippen LogP contribution is 2.40. The molecule has 0 aromatic rings. The van der Waals surface area contributed by atoms with Crippen molar-refractivity contribution in [3.63, 3.8) is 0 Å². The normalized spacial score (nSPS) is 38.6. The number of hydrogen-bond donors (Lipinski definition) is 0. The molecule has 1 saturated heterocycles. The van der Waals surface area contributed by atoms with Crippen molar-refractivity contribution in [1.82, 2.24) is 0 Å². The first kappa shape index (κ1) is 8.01. The minimum atomic E-state index is -0.186. The molecule has 0 bridgehead atoms. The first-order valence-corrected chi connectivity index (χ1v) is 4.24. The summed E-state index contributed by atoms with van der Waals surface area (Å²) in [6, 6.07) is 0. The zero-order valence-electron chi connectivity index (χ0n) is 6.99. The number of fused-ring (bicyclic) bond motifs is 1. The fourth-order valence-electron chi connectivity index (χ4n) is 1.53. The summed E-state index contributed by atoms with van der Waals surface area (Å²) in [5, 5.41) is 0. The lowest BCUT2D eigenvalue weighted by Crippen LogP contribution is -2.16. The second kappa shape index (κ2) is 3.03. The van der Waals surface area contributed by atoms with E-state index in [-0.39, 0.29) is 24.1 Å². The highest BCUT2D eigenvalue weighted by Gasteiger charge is 2.60. The average molecular weight is 172 g/mol. The van der Waals surface area contributed by atoms with E-state index >= 15 is 0 Å². The van der Waals surface area contributed by atoms with Gasteiger partial charge in [-0.25, -0.2) is 0 Å². The van der Waals surface area contributed by atoms with E-state index in [1.165, 1.54) is 0 Å². The molecule has 68 valence electrons. The van der Waals surface area contributed by atoms with Crippen LogP contribution in [0.5, 0.6) is 0 Å². The van der Waals surface area contributed by atoms with Crippen LogP contribution in [0.25, 0.3) is 0 Å². The van der Waals surface area contributed by atoms with Gasteiger partial charge in [-0.05, 0) is 6.92 Å². The maximum absolute atomic E-state index is 11.2. The predicted octanol–water partition coefficient (Wildman–Crippen LogP) is -0.0367. The summed E-state index contributed by atoms with van der Waals surface area (Å²) in [5.41, 5.74) is 0. The summed E-state index contributed by atoms with van der Waals surface area (Å²) in [4.78, 5) is 11.2. The molecule has 1 unspecified atom stereocenters. The average Bonchev–Trinajstić information content (AvgIpc) is 2.78. The van der Waals surface area contributed by atoms with Gasteiger partial charge in [0.15, 0.2) is 0 Å². The molecule has 1 heterocycles. The maximum Gasteiger partial charge on any atom is 0.314 e. The van der Waals surface area contributed by atoms with Gasteiger partial charge < -0.3 is 14.2 Å². The molecule has 0 aromatic carbocycles. The van der Waals surface area contributed by atoms with Crippen molar-refractivity contribution >= 4 is 5.97 Å². The smallest absolute Gasteiger partial charge is 0.314 e. The van der Waals surface area contributed by atoms with Crippen LogP contribution in [0.2, 0.25) is 0 Å². The molecule has 0 spiro atoms. The zero-order valence-corrected chi connectivity index (χ0v) is 6.99. The standard InChI is InChI=1S/C8H12O4/c1-2-10-8(9)5-6-7(5)12-4-3-11-6/h5-7H,2-4H2,1H3/t5?,6-,7+. The van der Waals surface area contributed by atoms with E-state index in [1.807, 2.05) is 0 Å². The summed E-state index contributed by atoms with van der Waals surface area (Å²) in [6.07, 6.45) is -0.0596. The molecule has 2 aliphatic rings. The molecular weight excluding hydrogens is 160 g/mol. The second-order valence-corrected chi connectivity index (χ2v) is 2.95.